The standard InChI is InChI=1S/C20H19BrFN3O3/c1-3-12(2)25-19(27)14-6-4-5-7-17(14)24(20(25)28)11-18(26)23-16-9-8-13(21)10-15(16)22/h4-10,12H,3,11H2,1-2H3,(H,23,26)/t12-/m0/s1. The van der Waals surface area contributed by atoms with Gasteiger partial charge in [0, 0.05) is 10.5 Å². The van der Waals surface area contributed by atoms with Crippen molar-refractivity contribution in [3.63, 3.8) is 0 Å². The molecule has 1 N–H and O–H groups in total. The first-order chi connectivity index (χ1) is 13.3. The summed E-state index contributed by atoms with van der Waals surface area (Å²) >= 11 is 3.16. The smallest absolute Gasteiger partial charge is 0.322 e. The normalized spacial score (nSPS) is 12.1. The molecule has 1 aromatic heterocycles. The number of carbonyl (C=O) groups is 1. The zero-order chi connectivity index (χ0) is 20.4. The summed E-state index contributed by atoms with van der Waals surface area (Å²) in [6.07, 6.45) is 0.587. The molecule has 0 bridgehead atoms. The van der Waals surface area contributed by atoms with Crippen LogP contribution in [-0.2, 0) is 11.3 Å². The van der Waals surface area contributed by atoms with Gasteiger partial charge < -0.3 is 5.32 Å². The first kappa shape index (κ1) is 20.0. The number of nitrogens with one attached hydrogen (secondary N) is 1. The van der Waals surface area contributed by atoms with Gasteiger partial charge in [-0.15, -0.1) is 0 Å². The van der Waals surface area contributed by atoms with E-state index in [2.05, 4.69) is 21.2 Å². The summed E-state index contributed by atoms with van der Waals surface area (Å²) in [5.74, 6) is -1.16. The van der Waals surface area contributed by atoms with Gasteiger partial charge in [0.25, 0.3) is 5.56 Å². The van der Waals surface area contributed by atoms with Crippen molar-refractivity contribution in [1.82, 2.24) is 9.13 Å². The maximum Gasteiger partial charge on any atom is 0.332 e. The molecule has 0 saturated heterocycles. The lowest BCUT2D eigenvalue weighted by Crippen LogP contribution is -2.43. The molecule has 0 aliphatic carbocycles. The Bertz CT molecular complexity index is 1170. The zero-order valence-electron chi connectivity index (χ0n) is 15.4. The summed E-state index contributed by atoms with van der Waals surface area (Å²) in [5, 5.41) is 2.83. The molecule has 8 heteroatoms. The third kappa shape index (κ3) is 3.77. The van der Waals surface area contributed by atoms with Gasteiger partial charge in [0.1, 0.15) is 12.4 Å². The number of amides is 1. The van der Waals surface area contributed by atoms with Gasteiger partial charge in [0.05, 0.1) is 16.6 Å². The van der Waals surface area contributed by atoms with Crippen LogP contribution in [0.25, 0.3) is 10.9 Å². The van der Waals surface area contributed by atoms with Crippen LogP contribution in [0.2, 0.25) is 0 Å². The predicted molar refractivity (Wildman–Crippen MR) is 110 cm³/mol. The number of nitrogens with zero attached hydrogens (tertiary/aromatic N) is 2. The molecule has 2 aromatic carbocycles. The van der Waals surface area contributed by atoms with Crippen molar-refractivity contribution >= 4 is 38.4 Å². The Hall–Kier alpha value is -2.74. The van der Waals surface area contributed by atoms with Crippen LogP contribution >= 0.6 is 15.9 Å². The second-order valence-corrected chi connectivity index (χ2v) is 7.41. The zero-order valence-corrected chi connectivity index (χ0v) is 17.0. The molecule has 1 atom stereocenters. The molecule has 6 nitrogen and oxygen atoms in total. The highest BCUT2D eigenvalue weighted by atomic mass is 79.9. The van der Waals surface area contributed by atoms with E-state index in [1.807, 2.05) is 6.92 Å². The summed E-state index contributed by atoms with van der Waals surface area (Å²) in [6.45, 7) is 3.31. The monoisotopic (exact) mass is 447 g/mol. The summed E-state index contributed by atoms with van der Waals surface area (Å²) in [7, 11) is 0. The van der Waals surface area contributed by atoms with Crippen LogP contribution in [0.1, 0.15) is 26.3 Å². The SMILES string of the molecule is CC[C@H](C)n1c(=O)c2ccccc2n(CC(=O)Nc2ccc(Br)cc2F)c1=O. The van der Waals surface area contributed by atoms with Gasteiger partial charge in [-0.2, -0.15) is 0 Å². The molecule has 28 heavy (non-hydrogen) atoms. The van der Waals surface area contributed by atoms with Gasteiger partial charge in [0.15, 0.2) is 0 Å². The molecule has 1 heterocycles. The number of anilines is 1. The van der Waals surface area contributed by atoms with Crippen LogP contribution in [0.3, 0.4) is 0 Å². The van der Waals surface area contributed by atoms with Crippen LogP contribution in [0.4, 0.5) is 10.1 Å². The highest BCUT2D eigenvalue weighted by molar-refractivity contribution is 9.10. The van der Waals surface area contributed by atoms with Gasteiger partial charge in [-0.1, -0.05) is 35.0 Å². The van der Waals surface area contributed by atoms with E-state index in [0.29, 0.717) is 21.8 Å². The molecule has 3 rings (SSSR count). The molecule has 0 radical (unpaired) electrons. The van der Waals surface area contributed by atoms with E-state index in [4.69, 9.17) is 0 Å². The summed E-state index contributed by atoms with van der Waals surface area (Å²) in [5.41, 5.74) is -0.570. The lowest BCUT2D eigenvalue weighted by molar-refractivity contribution is -0.116. The molecule has 0 spiro atoms. The lowest BCUT2D eigenvalue weighted by Gasteiger charge is -2.17. The third-order valence-electron chi connectivity index (χ3n) is 4.62. The Morgan fingerprint density at radius 3 is 2.61 bits per heavy atom. The molecular formula is C20H19BrFN3O3. The summed E-state index contributed by atoms with van der Waals surface area (Å²) < 4.78 is 16.9. The summed E-state index contributed by atoms with van der Waals surface area (Å²) in [4.78, 5) is 38.2. The predicted octanol–water partition coefficient (Wildman–Crippen LogP) is 3.67. The quantitative estimate of drug-likeness (QED) is 0.648. The van der Waals surface area contributed by atoms with Crippen LogP contribution in [0.15, 0.2) is 56.5 Å². The summed E-state index contributed by atoms with van der Waals surface area (Å²) in [6, 6.07) is 10.6. The Balaban J connectivity index is 2.06. The van der Waals surface area contributed by atoms with Gasteiger partial charge in [-0.25, -0.2) is 9.18 Å². The maximum atomic E-state index is 14.0. The van der Waals surface area contributed by atoms with Crippen molar-refractivity contribution in [1.29, 1.82) is 0 Å². The van der Waals surface area contributed by atoms with Gasteiger partial charge in [-0.3, -0.25) is 18.7 Å². The number of fused-ring (bicyclic) bond motifs is 1. The van der Waals surface area contributed by atoms with Crippen molar-refractivity contribution in [2.75, 3.05) is 5.32 Å². The highest BCUT2D eigenvalue weighted by Crippen LogP contribution is 2.19. The Morgan fingerprint density at radius 1 is 1.21 bits per heavy atom. The van der Waals surface area contributed by atoms with E-state index >= 15 is 0 Å². The minimum Gasteiger partial charge on any atom is -0.322 e. The van der Waals surface area contributed by atoms with E-state index in [0.717, 1.165) is 4.57 Å². The highest BCUT2D eigenvalue weighted by Gasteiger charge is 2.18. The number of rotatable bonds is 5. The Morgan fingerprint density at radius 2 is 1.93 bits per heavy atom. The largest absolute Gasteiger partial charge is 0.332 e. The molecule has 1 amide bonds. The number of halogens is 2. The number of aromatic nitrogens is 2. The van der Waals surface area contributed by atoms with Crippen molar-refractivity contribution < 1.29 is 9.18 Å². The second kappa shape index (κ2) is 8.10. The first-order valence-electron chi connectivity index (χ1n) is 8.82. The minimum atomic E-state index is -0.593. The molecule has 146 valence electrons. The molecule has 0 aliphatic rings. The fourth-order valence-electron chi connectivity index (χ4n) is 2.99. The molecule has 0 saturated carbocycles. The second-order valence-electron chi connectivity index (χ2n) is 6.49. The van der Waals surface area contributed by atoms with Gasteiger partial charge >= 0.3 is 5.69 Å². The Kier molecular flexibility index (Phi) is 5.79. The van der Waals surface area contributed by atoms with E-state index < -0.39 is 17.4 Å². The number of carbonyl (C=O) groups excluding carboxylic acids is 1. The number of hydrogen-bond acceptors (Lipinski definition) is 3. The van der Waals surface area contributed by atoms with Crippen molar-refractivity contribution in [3.8, 4) is 0 Å². The van der Waals surface area contributed by atoms with Gasteiger partial charge in [-0.05, 0) is 43.7 Å². The average molecular weight is 448 g/mol. The van der Waals surface area contributed by atoms with Crippen molar-refractivity contribution in [2.45, 2.75) is 32.9 Å². The third-order valence-corrected chi connectivity index (χ3v) is 5.11. The average Bonchev–Trinajstić information content (AvgIpc) is 2.67. The fraction of sp³-hybridized carbons (Fsp3) is 0.250. The lowest BCUT2D eigenvalue weighted by atomic mass is 10.2. The number of hydrogen-bond donors (Lipinski definition) is 1. The van der Waals surface area contributed by atoms with E-state index in [9.17, 15) is 18.8 Å². The first-order valence-corrected chi connectivity index (χ1v) is 9.61. The number of benzene rings is 2. The molecular weight excluding hydrogens is 429 g/mol. The Labute approximate surface area is 168 Å². The fourth-order valence-corrected chi connectivity index (χ4v) is 3.32. The van der Waals surface area contributed by atoms with Crippen LogP contribution in [-0.4, -0.2) is 15.0 Å². The van der Waals surface area contributed by atoms with Gasteiger partial charge in [0.2, 0.25) is 5.91 Å². The van der Waals surface area contributed by atoms with Crippen molar-refractivity contribution in [3.05, 3.63) is 73.6 Å². The van der Waals surface area contributed by atoms with E-state index in [1.54, 1.807) is 37.3 Å². The van der Waals surface area contributed by atoms with E-state index in [1.165, 1.54) is 16.7 Å². The molecule has 0 unspecified atom stereocenters. The molecule has 0 aliphatic heterocycles. The molecule has 0 fully saturated rings. The van der Waals surface area contributed by atoms with Crippen LogP contribution in [0.5, 0.6) is 0 Å². The number of para-hydroxylation sites is 1. The molecule has 3 aromatic rings. The van der Waals surface area contributed by atoms with Crippen LogP contribution in [0, 0.1) is 5.82 Å². The topological polar surface area (TPSA) is 73.1 Å². The van der Waals surface area contributed by atoms with Crippen LogP contribution < -0.4 is 16.6 Å². The minimum absolute atomic E-state index is 0.0146. The van der Waals surface area contributed by atoms with E-state index in [-0.39, 0.29) is 23.8 Å². The maximum absolute atomic E-state index is 14.0. The van der Waals surface area contributed by atoms with Crippen molar-refractivity contribution in [2.24, 2.45) is 0 Å².